The lowest BCUT2D eigenvalue weighted by Crippen LogP contribution is -2.16. The predicted molar refractivity (Wildman–Crippen MR) is 131 cm³/mol. The molecule has 1 amide bonds. The molecule has 1 aliphatic rings. The van der Waals surface area contributed by atoms with Gasteiger partial charge in [-0.05, 0) is 43.4 Å². The molecule has 0 fully saturated rings. The fourth-order valence-corrected chi connectivity index (χ4v) is 5.71. The van der Waals surface area contributed by atoms with Crippen molar-refractivity contribution in [2.24, 2.45) is 0 Å². The minimum absolute atomic E-state index is 0.0278. The van der Waals surface area contributed by atoms with Crippen LogP contribution in [-0.2, 0) is 22.4 Å². The van der Waals surface area contributed by atoms with Gasteiger partial charge in [-0.1, -0.05) is 11.8 Å². The molecule has 4 rings (SSSR count). The minimum atomic E-state index is -0.431. The number of methoxy groups -OCH3 is 4. The molecule has 0 unspecified atom stereocenters. The maximum Gasteiger partial charge on any atom is 0.341 e. The number of carbonyl (C=O) groups excluding carboxylic acids is 2. The molecule has 0 atom stereocenters. The summed E-state index contributed by atoms with van der Waals surface area (Å²) in [6, 6.07) is 3.39. The highest BCUT2D eigenvalue weighted by Gasteiger charge is 2.27. The molecule has 1 N–H and O–H groups in total. The Morgan fingerprint density at radius 1 is 1.06 bits per heavy atom. The van der Waals surface area contributed by atoms with Crippen LogP contribution in [0, 0.1) is 0 Å². The van der Waals surface area contributed by atoms with E-state index >= 15 is 0 Å². The van der Waals surface area contributed by atoms with Crippen LogP contribution < -0.4 is 19.5 Å². The summed E-state index contributed by atoms with van der Waals surface area (Å²) in [5.74, 6) is 0.908. The number of benzene rings is 1. The van der Waals surface area contributed by atoms with Gasteiger partial charge in [-0.3, -0.25) is 4.79 Å². The Hall–Kier alpha value is -3.25. The molecule has 1 aromatic carbocycles. The van der Waals surface area contributed by atoms with Crippen LogP contribution in [0.3, 0.4) is 0 Å². The Balaban J connectivity index is 1.45. The van der Waals surface area contributed by atoms with Crippen LogP contribution in [0.2, 0.25) is 0 Å². The Morgan fingerprint density at radius 3 is 2.43 bits per heavy atom. The second-order valence-corrected chi connectivity index (χ2v) is 9.56. The van der Waals surface area contributed by atoms with E-state index in [9.17, 15) is 9.59 Å². The average Bonchev–Trinajstić information content (AvgIpc) is 3.50. The third kappa shape index (κ3) is 5.22. The normalized spacial score (nSPS) is 12.6. The summed E-state index contributed by atoms with van der Waals surface area (Å²) in [5, 5.41) is 11.7. The third-order valence-corrected chi connectivity index (χ3v) is 7.48. The third-order valence-electron chi connectivity index (χ3n) is 5.46. The maximum absolute atomic E-state index is 12.7. The van der Waals surface area contributed by atoms with Gasteiger partial charge in [0, 0.05) is 10.4 Å². The van der Waals surface area contributed by atoms with E-state index in [2.05, 4.69) is 15.5 Å². The molecule has 2 aromatic heterocycles. The van der Waals surface area contributed by atoms with Gasteiger partial charge in [-0.15, -0.1) is 21.5 Å². The summed E-state index contributed by atoms with van der Waals surface area (Å²) >= 11 is 2.53. The summed E-state index contributed by atoms with van der Waals surface area (Å²) in [6.07, 6.45) is 3.80. The van der Waals surface area contributed by atoms with Gasteiger partial charge in [-0.2, -0.15) is 0 Å². The molecular formula is C23H25N3O7S2. The number of aryl methyl sites for hydroxylation is 1. The molecule has 0 bridgehead atoms. The number of aromatic nitrogens is 2. The lowest BCUT2D eigenvalue weighted by atomic mass is 9.95. The molecule has 0 saturated carbocycles. The lowest BCUT2D eigenvalue weighted by molar-refractivity contribution is -0.113. The number of ether oxygens (including phenoxy) is 4. The Bertz CT molecular complexity index is 1210. The van der Waals surface area contributed by atoms with Crippen molar-refractivity contribution in [2.45, 2.75) is 30.9 Å². The number of nitrogens with one attached hydrogen (secondary N) is 1. The van der Waals surface area contributed by atoms with E-state index in [0.717, 1.165) is 47.9 Å². The number of nitrogens with zero attached hydrogens (tertiary/aromatic N) is 2. The van der Waals surface area contributed by atoms with Crippen molar-refractivity contribution in [3.05, 3.63) is 28.1 Å². The van der Waals surface area contributed by atoms with E-state index < -0.39 is 5.97 Å². The molecular weight excluding hydrogens is 494 g/mol. The number of hydrogen-bond acceptors (Lipinski definition) is 11. The molecule has 0 aliphatic heterocycles. The lowest BCUT2D eigenvalue weighted by Gasteiger charge is -2.12. The fraction of sp³-hybridized carbons (Fsp3) is 0.391. The van der Waals surface area contributed by atoms with Crippen molar-refractivity contribution in [3.8, 4) is 28.7 Å². The molecule has 12 heteroatoms. The van der Waals surface area contributed by atoms with Gasteiger partial charge in [0.15, 0.2) is 11.5 Å². The van der Waals surface area contributed by atoms with Crippen LogP contribution >= 0.6 is 23.1 Å². The fourth-order valence-electron chi connectivity index (χ4n) is 3.85. The zero-order valence-electron chi connectivity index (χ0n) is 19.8. The zero-order valence-corrected chi connectivity index (χ0v) is 21.4. The average molecular weight is 520 g/mol. The molecule has 1 aliphatic carbocycles. The van der Waals surface area contributed by atoms with Crippen molar-refractivity contribution in [1.29, 1.82) is 0 Å². The maximum atomic E-state index is 12.7. The van der Waals surface area contributed by atoms with Gasteiger partial charge < -0.3 is 28.7 Å². The van der Waals surface area contributed by atoms with E-state index in [0.29, 0.717) is 33.4 Å². The molecule has 3 aromatic rings. The highest BCUT2D eigenvalue weighted by Crippen LogP contribution is 2.41. The largest absolute Gasteiger partial charge is 0.493 e. The van der Waals surface area contributed by atoms with Gasteiger partial charge >= 0.3 is 5.97 Å². The second kappa shape index (κ2) is 11.0. The van der Waals surface area contributed by atoms with Crippen molar-refractivity contribution in [2.75, 3.05) is 39.5 Å². The Kier molecular flexibility index (Phi) is 7.81. The molecule has 0 spiro atoms. The molecule has 2 heterocycles. The van der Waals surface area contributed by atoms with Crippen molar-refractivity contribution in [1.82, 2.24) is 10.2 Å². The van der Waals surface area contributed by atoms with Crippen LogP contribution in [0.25, 0.3) is 11.5 Å². The van der Waals surface area contributed by atoms with Crippen LogP contribution in [0.1, 0.15) is 33.6 Å². The predicted octanol–water partition coefficient (Wildman–Crippen LogP) is 4.22. The number of amides is 1. The molecule has 0 radical (unpaired) electrons. The quantitative estimate of drug-likeness (QED) is 0.325. The number of esters is 1. The Morgan fingerprint density at radius 2 is 1.77 bits per heavy atom. The monoisotopic (exact) mass is 519 g/mol. The number of fused-ring (bicyclic) bond motifs is 1. The number of anilines is 1. The SMILES string of the molecule is COC(=O)c1c(NC(=O)CSc2nnc(-c3cc(OC)c(OC)c(OC)c3)o2)sc2c1CCCC2. The highest BCUT2D eigenvalue weighted by molar-refractivity contribution is 7.99. The van der Waals surface area contributed by atoms with Crippen LogP contribution in [0.4, 0.5) is 5.00 Å². The van der Waals surface area contributed by atoms with E-state index in [1.807, 2.05) is 0 Å². The smallest absolute Gasteiger partial charge is 0.341 e. The molecule has 35 heavy (non-hydrogen) atoms. The van der Waals surface area contributed by atoms with Gasteiger partial charge in [0.05, 0.1) is 39.8 Å². The van der Waals surface area contributed by atoms with Gasteiger partial charge in [0.25, 0.3) is 5.22 Å². The van der Waals surface area contributed by atoms with E-state index in [1.54, 1.807) is 12.1 Å². The van der Waals surface area contributed by atoms with Gasteiger partial charge in [0.2, 0.25) is 17.5 Å². The molecule has 10 nitrogen and oxygen atoms in total. The van der Waals surface area contributed by atoms with Crippen LogP contribution in [-0.4, -0.2) is 56.3 Å². The zero-order chi connectivity index (χ0) is 24.9. The summed E-state index contributed by atoms with van der Waals surface area (Å²) < 4.78 is 26.7. The number of thioether (sulfide) groups is 1. The standard InChI is InChI=1S/C23H25N3O7S2/c1-29-14-9-12(10-15(30-2)19(14)31-3)20-25-26-23(33-20)34-11-17(27)24-21-18(22(28)32-4)13-7-5-6-8-16(13)35-21/h9-10H,5-8,11H2,1-4H3,(H,24,27). The van der Waals surface area contributed by atoms with Crippen molar-refractivity contribution in [3.63, 3.8) is 0 Å². The molecule has 0 saturated heterocycles. The highest BCUT2D eigenvalue weighted by atomic mass is 32.2. The van der Waals surface area contributed by atoms with Crippen LogP contribution in [0.5, 0.6) is 17.2 Å². The van der Waals surface area contributed by atoms with E-state index in [1.165, 1.54) is 39.8 Å². The number of carbonyl (C=O) groups is 2. The number of hydrogen-bond donors (Lipinski definition) is 1. The second-order valence-electron chi connectivity index (χ2n) is 7.53. The summed E-state index contributed by atoms with van der Waals surface area (Å²) in [6.45, 7) is 0. The van der Waals surface area contributed by atoms with Crippen molar-refractivity contribution >= 4 is 40.0 Å². The summed E-state index contributed by atoms with van der Waals surface area (Å²) in [7, 11) is 5.90. The Labute approximate surface area is 210 Å². The van der Waals surface area contributed by atoms with Crippen molar-refractivity contribution < 1.29 is 33.0 Å². The first-order valence-corrected chi connectivity index (χ1v) is 12.6. The number of rotatable bonds is 9. The van der Waals surface area contributed by atoms with Gasteiger partial charge in [-0.25, -0.2) is 4.79 Å². The minimum Gasteiger partial charge on any atom is -0.493 e. The first-order valence-electron chi connectivity index (χ1n) is 10.8. The molecule has 186 valence electrons. The number of thiophene rings is 1. The van der Waals surface area contributed by atoms with Gasteiger partial charge in [0.1, 0.15) is 5.00 Å². The first kappa shape index (κ1) is 24.9. The van der Waals surface area contributed by atoms with E-state index in [4.69, 9.17) is 23.4 Å². The summed E-state index contributed by atoms with van der Waals surface area (Å²) in [4.78, 5) is 26.2. The first-order chi connectivity index (χ1) is 17.0. The van der Waals surface area contributed by atoms with E-state index in [-0.39, 0.29) is 22.8 Å². The summed E-state index contributed by atoms with van der Waals surface area (Å²) in [5.41, 5.74) is 2.03. The van der Waals surface area contributed by atoms with Crippen LogP contribution in [0.15, 0.2) is 21.8 Å². The topological polar surface area (TPSA) is 122 Å².